The van der Waals surface area contributed by atoms with E-state index in [-0.39, 0.29) is 11.8 Å². The Labute approximate surface area is 209 Å². The minimum Gasteiger partial charge on any atom is -0.384 e. The zero-order chi connectivity index (χ0) is 25.4. The van der Waals surface area contributed by atoms with Gasteiger partial charge in [0.25, 0.3) is 5.91 Å². The molecule has 1 fully saturated rings. The van der Waals surface area contributed by atoms with Crippen molar-refractivity contribution in [1.29, 1.82) is 0 Å². The normalized spacial score (nSPS) is 13.9. The molecular weight excluding hydrogens is 454 g/mol. The number of pyridine rings is 2. The molecule has 1 aliphatic rings. The lowest BCUT2D eigenvalue weighted by molar-refractivity contribution is -0.131. The van der Waals surface area contributed by atoms with Gasteiger partial charge in [-0.2, -0.15) is 0 Å². The third-order valence-corrected chi connectivity index (χ3v) is 6.68. The second-order valence-electron chi connectivity index (χ2n) is 9.25. The van der Waals surface area contributed by atoms with Crippen LogP contribution in [0.15, 0.2) is 60.9 Å². The molecule has 1 aromatic carbocycles. The van der Waals surface area contributed by atoms with E-state index in [2.05, 4.69) is 20.9 Å². The van der Waals surface area contributed by atoms with Gasteiger partial charge in [-0.1, -0.05) is 0 Å². The number of carbonyl (C=O) groups is 2. The Hall–Kier alpha value is -4.40. The summed E-state index contributed by atoms with van der Waals surface area (Å²) >= 11 is 0. The number of anilines is 2. The third kappa shape index (κ3) is 4.35. The van der Waals surface area contributed by atoms with Crippen molar-refractivity contribution in [2.24, 2.45) is 7.05 Å². The Morgan fingerprint density at radius 3 is 2.50 bits per heavy atom. The van der Waals surface area contributed by atoms with E-state index in [1.807, 2.05) is 52.9 Å². The molecule has 0 aliphatic carbocycles. The first-order valence-corrected chi connectivity index (χ1v) is 11.8. The Morgan fingerprint density at radius 2 is 1.83 bits per heavy atom. The first-order chi connectivity index (χ1) is 17.3. The number of benzene rings is 1. The highest BCUT2D eigenvalue weighted by molar-refractivity contribution is 5.95. The minimum atomic E-state index is -0.0392. The molecule has 0 saturated carbocycles. The van der Waals surface area contributed by atoms with E-state index in [0.29, 0.717) is 31.0 Å². The number of hydrogen-bond acceptors (Lipinski definition) is 6. The van der Waals surface area contributed by atoms with Crippen LogP contribution in [-0.2, 0) is 18.4 Å². The zero-order valence-corrected chi connectivity index (χ0v) is 20.7. The van der Waals surface area contributed by atoms with Crippen LogP contribution in [0, 0.1) is 0 Å². The topological polar surface area (TPSA) is 101 Å². The molecule has 0 atom stereocenters. The summed E-state index contributed by atoms with van der Waals surface area (Å²) in [7, 11) is 5.44. The zero-order valence-electron chi connectivity index (χ0n) is 20.7. The van der Waals surface area contributed by atoms with Crippen molar-refractivity contribution in [2.75, 3.05) is 44.4 Å². The second kappa shape index (κ2) is 9.33. The van der Waals surface area contributed by atoms with Gasteiger partial charge < -0.3 is 25.0 Å². The van der Waals surface area contributed by atoms with Crippen molar-refractivity contribution in [2.45, 2.75) is 6.54 Å². The summed E-state index contributed by atoms with van der Waals surface area (Å²) in [4.78, 5) is 39.5. The SMILES string of the molecule is CN(C)C(=O)c1ccc(N2CCN(Cc3cc4c(-c5ccc(N)nc5)ccnc4n3C)C(=O)C2)cc1. The second-order valence-corrected chi connectivity index (χ2v) is 9.25. The monoisotopic (exact) mass is 483 g/mol. The van der Waals surface area contributed by atoms with Crippen molar-refractivity contribution < 1.29 is 9.59 Å². The van der Waals surface area contributed by atoms with Crippen LogP contribution < -0.4 is 10.6 Å². The number of nitrogens with zero attached hydrogens (tertiary/aromatic N) is 6. The fraction of sp³-hybridized carbons (Fsp3) is 0.259. The average Bonchev–Trinajstić information content (AvgIpc) is 3.20. The van der Waals surface area contributed by atoms with Crippen LogP contribution in [0.1, 0.15) is 16.1 Å². The van der Waals surface area contributed by atoms with E-state index in [0.717, 1.165) is 40.1 Å². The Balaban J connectivity index is 1.32. The Bertz CT molecular complexity index is 1430. The molecule has 0 radical (unpaired) electrons. The van der Waals surface area contributed by atoms with Gasteiger partial charge >= 0.3 is 0 Å². The van der Waals surface area contributed by atoms with Gasteiger partial charge in [0.1, 0.15) is 11.5 Å². The predicted molar refractivity (Wildman–Crippen MR) is 140 cm³/mol. The van der Waals surface area contributed by atoms with Crippen molar-refractivity contribution in [1.82, 2.24) is 24.3 Å². The summed E-state index contributed by atoms with van der Waals surface area (Å²) in [5, 5.41) is 1.01. The van der Waals surface area contributed by atoms with Gasteiger partial charge in [-0.15, -0.1) is 0 Å². The number of hydrogen-bond donors (Lipinski definition) is 1. The van der Waals surface area contributed by atoms with Crippen molar-refractivity contribution >= 4 is 34.4 Å². The molecule has 9 nitrogen and oxygen atoms in total. The molecule has 0 spiro atoms. The summed E-state index contributed by atoms with van der Waals surface area (Å²) < 4.78 is 2.05. The van der Waals surface area contributed by atoms with Gasteiger partial charge in [-0.25, -0.2) is 9.97 Å². The van der Waals surface area contributed by atoms with E-state index in [1.165, 1.54) is 0 Å². The van der Waals surface area contributed by atoms with Crippen molar-refractivity contribution in [3.05, 3.63) is 72.2 Å². The Kier molecular flexibility index (Phi) is 6.05. The van der Waals surface area contributed by atoms with Crippen LogP contribution in [0.4, 0.5) is 11.5 Å². The van der Waals surface area contributed by atoms with E-state index in [4.69, 9.17) is 5.73 Å². The smallest absolute Gasteiger partial charge is 0.253 e. The van der Waals surface area contributed by atoms with Crippen LogP contribution >= 0.6 is 0 Å². The minimum absolute atomic E-state index is 0.0392. The highest BCUT2D eigenvalue weighted by Crippen LogP contribution is 2.30. The molecule has 0 bridgehead atoms. The number of nitrogens with two attached hydrogens (primary N) is 1. The van der Waals surface area contributed by atoms with Gasteiger partial charge in [0.2, 0.25) is 5.91 Å². The van der Waals surface area contributed by atoms with Gasteiger partial charge in [0, 0.05) is 74.5 Å². The summed E-state index contributed by atoms with van der Waals surface area (Å²) in [5.74, 6) is 0.507. The maximum atomic E-state index is 13.1. The number of aryl methyl sites for hydroxylation is 1. The molecule has 9 heteroatoms. The standard InChI is InChI=1S/C27H29N7O2/c1-31(2)27(36)18-4-7-20(8-5-18)33-12-13-34(25(35)17-33)16-21-14-23-22(10-11-29-26(23)32(21)3)19-6-9-24(28)30-15-19/h4-11,14-15H,12-13,16-17H2,1-3H3,(H2,28,30). The number of aromatic nitrogens is 3. The van der Waals surface area contributed by atoms with Crippen LogP contribution in [0.5, 0.6) is 0 Å². The Morgan fingerprint density at radius 1 is 1.06 bits per heavy atom. The maximum absolute atomic E-state index is 13.1. The highest BCUT2D eigenvalue weighted by atomic mass is 16.2. The lowest BCUT2D eigenvalue weighted by Crippen LogP contribution is -2.50. The number of rotatable bonds is 5. The summed E-state index contributed by atoms with van der Waals surface area (Å²) in [6.07, 6.45) is 3.56. The van der Waals surface area contributed by atoms with Crippen LogP contribution in [0.25, 0.3) is 22.2 Å². The van der Waals surface area contributed by atoms with Crippen LogP contribution in [0.3, 0.4) is 0 Å². The molecule has 1 saturated heterocycles. The van der Waals surface area contributed by atoms with E-state index in [9.17, 15) is 9.59 Å². The number of fused-ring (bicyclic) bond motifs is 1. The van der Waals surface area contributed by atoms with Gasteiger partial charge in [0.15, 0.2) is 0 Å². The molecule has 1 aliphatic heterocycles. The largest absolute Gasteiger partial charge is 0.384 e. The maximum Gasteiger partial charge on any atom is 0.253 e. The molecule has 4 aromatic rings. The van der Waals surface area contributed by atoms with Crippen molar-refractivity contribution in [3.8, 4) is 11.1 Å². The number of piperazine rings is 1. The van der Waals surface area contributed by atoms with Gasteiger partial charge in [0.05, 0.1) is 13.1 Å². The van der Waals surface area contributed by atoms with Gasteiger partial charge in [-0.3, -0.25) is 9.59 Å². The van der Waals surface area contributed by atoms with E-state index >= 15 is 0 Å². The molecule has 5 rings (SSSR count). The van der Waals surface area contributed by atoms with Crippen LogP contribution in [-0.4, -0.2) is 69.9 Å². The lowest BCUT2D eigenvalue weighted by atomic mass is 10.1. The van der Waals surface area contributed by atoms with Gasteiger partial charge in [-0.05, 0) is 54.1 Å². The fourth-order valence-electron chi connectivity index (χ4n) is 4.60. The molecule has 4 heterocycles. The first kappa shape index (κ1) is 23.3. The fourth-order valence-corrected chi connectivity index (χ4v) is 4.60. The number of amides is 2. The first-order valence-electron chi connectivity index (χ1n) is 11.8. The third-order valence-electron chi connectivity index (χ3n) is 6.68. The lowest BCUT2D eigenvalue weighted by Gasteiger charge is -2.35. The molecule has 3 aromatic heterocycles. The average molecular weight is 484 g/mol. The van der Waals surface area contributed by atoms with E-state index < -0.39 is 0 Å². The summed E-state index contributed by atoms with van der Waals surface area (Å²) in [6, 6.07) is 15.3. The number of carbonyl (C=O) groups excluding carboxylic acids is 2. The predicted octanol–water partition coefficient (Wildman–Crippen LogP) is 2.77. The highest BCUT2D eigenvalue weighted by Gasteiger charge is 2.26. The van der Waals surface area contributed by atoms with Crippen molar-refractivity contribution in [3.63, 3.8) is 0 Å². The molecule has 2 N–H and O–H groups in total. The molecule has 0 unspecified atom stereocenters. The summed E-state index contributed by atoms with van der Waals surface area (Å²) in [5.41, 5.74) is 11.2. The number of nitrogen functional groups attached to an aromatic ring is 1. The molecule has 184 valence electrons. The molecule has 2 amide bonds. The summed E-state index contributed by atoms with van der Waals surface area (Å²) in [6.45, 7) is 2.14. The quantitative estimate of drug-likeness (QED) is 0.469. The van der Waals surface area contributed by atoms with Crippen LogP contribution in [0.2, 0.25) is 0 Å². The molecule has 36 heavy (non-hydrogen) atoms. The molecular formula is C27H29N7O2. The van der Waals surface area contributed by atoms with E-state index in [1.54, 1.807) is 37.5 Å².